The molecule has 0 N–H and O–H groups in total. The Morgan fingerprint density at radius 3 is 1.56 bits per heavy atom. The molecule has 0 amide bonds. The van der Waals surface area contributed by atoms with E-state index in [0.29, 0.717) is 18.0 Å². The molecule has 2 aliphatic heterocycles. The number of halogens is 6. The second kappa shape index (κ2) is 20.0. The van der Waals surface area contributed by atoms with E-state index in [1.165, 1.54) is 24.3 Å². The second-order valence-corrected chi connectivity index (χ2v) is 14.0. The third-order valence-electron chi connectivity index (χ3n) is 9.34. The second-order valence-electron chi connectivity index (χ2n) is 14.0. The van der Waals surface area contributed by atoms with Crippen molar-refractivity contribution < 1.29 is 60.7 Å². The molecule has 1 radical (unpaired) electrons. The molecule has 331 valence electrons. The van der Waals surface area contributed by atoms with Gasteiger partial charge < -0.3 is 24.0 Å². The molecule has 14 heteroatoms. The first-order chi connectivity index (χ1) is 28.1. The summed E-state index contributed by atoms with van der Waals surface area (Å²) in [7, 11) is 0. The number of fused-ring (bicyclic) bond motifs is 2. The van der Waals surface area contributed by atoms with Crippen LogP contribution in [-0.2, 0) is 24.8 Å². The molecule has 62 heavy (non-hydrogen) atoms. The number of ether oxygens (including phenoxy) is 3. The quantitative estimate of drug-likeness (QED) is 0.111. The molecular weight excluding hydrogens is 987 g/mol. The number of anilines is 8. The van der Waals surface area contributed by atoms with Crippen molar-refractivity contribution in [3.63, 3.8) is 0 Å². The van der Waals surface area contributed by atoms with Crippen LogP contribution < -0.4 is 29.1 Å². The fourth-order valence-electron chi connectivity index (χ4n) is 7.32. The van der Waals surface area contributed by atoms with Crippen molar-refractivity contribution in [1.82, 2.24) is 0 Å². The number of hydrogen-bond donors (Lipinski definition) is 0. The third-order valence-corrected chi connectivity index (χ3v) is 9.34. The molecule has 7 nitrogen and oxygen atoms in total. The summed E-state index contributed by atoms with van der Waals surface area (Å²) in [6.07, 6.45) is -10.1. The van der Waals surface area contributed by atoms with Gasteiger partial charge in [0.05, 0.1) is 11.4 Å². The van der Waals surface area contributed by atoms with E-state index in [1.807, 2.05) is 146 Å². The number of alkyl halides is 6. The van der Waals surface area contributed by atoms with Gasteiger partial charge in [0.2, 0.25) is 6.35 Å². The maximum Gasteiger partial charge on any atom is 0.573 e. The first-order valence-corrected chi connectivity index (χ1v) is 18.7. The molecule has 0 bridgehead atoms. The Kier molecular flexibility index (Phi) is 15.8. The summed E-state index contributed by atoms with van der Waals surface area (Å²) < 4.78 is 91.2. The van der Waals surface area contributed by atoms with E-state index >= 15 is 0 Å². The summed E-state index contributed by atoms with van der Waals surface area (Å²) in [5.41, 5.74) is 10.3. The Bertz CT molecular complexity index is 2380. The molecule has 6 aromatic rings. The van der Waals surface area contributed by atoms with Gasteiger partial charge in [-0.1, -0.05) is 45.2 Å². The standard InChI is InChI=1S/C24H23F3N2O2.C22H17F3N2O.2CH4.Ir/c1-4-30-23-28(18-8-6-5-7-9-18)21-11-10-20(31-24(25,26)27)15-22(21)29(23)19-13-16(2)12-17(3)14-19;1-15-10-16(2)12-18(11-15)27-14-26(17-6-4-3-5-7-17)20-9-8-19(13-21(20)27)28-22(23,24)25;;;/h5-15,23H,4H2,1-3H3;3-6,8-14H,1-2H3;2*1H4;/q;-2;;;. The Balaban J connectivity index is 0.000000261. The van der Waals surface area contributed by atoms with Gasteiger partial charge in [0.25, 0.3) is 0 Å². The fourth-order valence-corrected chi connectivity index (χ4v) is 7.32. The zero-order valence-corrected chi connectivity index (χ0v) is 35.5. The van der Waals surface area contributed by atoms with E-state index in [9.17, 15) is 26.3 Å². The summed E-state index contributed by atoms with van der Waals surface area (Å²) >= 11 is 0. The number of aryl methyl sites for hydroxylation is 4. The van der Waals surface area contributed by atoms with Gasteiger partial charge in [-0.15, -0.1) is 38.7 Å². The van der Waals surface area contributed by atoms with Crippen LogP contribution >= 0.6 is 0 Å². The van der Waals surface area contributed by atoms with Crippen molar-refractivity contribution in [2.24, 2.45) is 0 Å². The molecule has 0 aromatic heterocycles. The smallest absolute Gasteiger partial charge is 0.493 e. The molecule has 0 fully saturated rings. The maximum absolute atomic E-state index is 12.9. The average Bonchev–Trinajstić information content (AvgIpc) is 3.69. The molecule has 1 unspecified atom stereocenters. The summed E-state index contributed by atoms with van der Waals surface area (Å²) in [6.45, 7) is 12.1. The number of rotatable bonds is 8. The monoisotopic (exact) mass is 1040 g/mol. The molecule has 6 aromatic carbocycles. The van der Waals surface area contributed by atoms with Crippen LogP contribution in [0.5, 0.6) is 11.5 Å². The third kappa shape index (κ3) is 11.2. The maximum atomic E-state index is 12.9. The van der Waals surface area contributed by atoms with Crippen LogP contribution in [0.15, 0.2) is 127 Å². The van der Waals surface area contributed by atoms with Gasteiger partial charge in [0.15, 0.2) is 0 Å². The Morgan fingerprint density at radius 2 is 1.05 bits per heavy atom. The number of hydrogen-bond acceptors (Lipinski definition) is 7. The number of nitrogens with zero attached hydrogens (tertiary/aromatic N) is 4. The van der Waals surface area contributed by atoms with Crippen LogP contribution in [0.3, 0.4) is 0 Å². The molecule has 0 saturated carbocycles. The summed E-state index contributed by atoms with van der Waals surface area (Å²) in [6, 6.07) is 41.0. The molecule has 2 aliphatic rings. The van der Waals surface area contributed by atoms with Crippen LogP contribution in [0.2, 0.25) is 0 Å². The largest absolute Gasteiger partial charge is 0.573 e. The van der Waals surface area contributed by atoms with Crippen molar-refractivity contribution in [2.75, 3.05) is 26.2 Å². The Morgan fingerprint density at radius 1 is 0.548 bits per heavy atom. The zero-order valence-electron chi connectivity index (χ0n) is 33.1. The van der Waals surface area contributed by atoms with Crippen LogP contribution in [0.4, 0.5) is 71.8 Å². The van der Waals surface area contributed by atoms with E-state index in [1.54, 1.807) is 18.2 Å². The van der Waals surface area contributed by atoms with Crippen LogP contribution in [0.1, 0.15) is 44.0 Å². The van der Waals surface area contributed by atoms with Gasteiger partial charge in [-0.05, 0) is 118 Å². The average molecular weight is 1040 g/mol. The normalized spacial score (nSPS) is 14.1. The number of benzene rings is 6. The van der Waals surface area contributed by atoms with Gasteiger partial charge in [0.1, 0.15) is 11.5 Å². The van der Waals surface area contributed by atoms with Crippen molar-refractivity contribution in [3.05, 3.63) is 162 Å². The van der Waals surface area contributed by atoms with E-state index in [0.717, 1.165) is 56.4 Å². The van der Waals surface area contributed by atoms with E-state index in [-0.39, 0.29) is 46.5 Å². The van der Waals surface area contributed by atoms with E-state index < -0.39 is 19.1 Å². The molecule has 0 spiro atoms. The van der Waals surface area contributed by atoms with Crippen molar-refractivity contribution in [2.45, 2.75) is 68.5 Å². The molecular formula is C48H48F6IrN4O3-2. The summed E-state index contributed by atoms with van der Waals surface area (Å²) in [5, 5.41) is 0. The molecule has 8 rings (SSSR count). The summed E-state index contributed by atoms with van der Waals surface area (Å²) in [4.78, 5) is 7.65. The van der Waals surface area contributed by atoms with Crippen molar-refractivity contribution in [1.29, 1.82) is 0 Å². The molecule has 2 heterocycles. The van der Waals surface area contributed by atoms with Gasteiger partial charge >= 0.3 is 12.7 Å². The number of para-hydroxylation sites is 2. The molecule has 1 atom stereocenters. The van der Waals surface area contributed by atoms with Crippen molar-refractivity contribution >= 4 is 45.5 Å². The van der Waals surface area contributed by atoms with E-state index in [4.69, 9.17) is 4.74 Å². The minimum Gasteiger partial charge on any atom is -0.493 e. The SMILES string of the molecule is C.C.CCOC1N(c2ccccc2)c2ccc(OC(F)(F)F)cc2N1c1cc(C)cc(C)c1.Cc1cc(C)cc(N2[CH-]N(c3[c-]cccc3)c3ccc(OC(F)(F)F)cc32)c1.[Ir]. The predicted molar refractivity (Wildman–Crippen MR) is 232 cm³/mol. The van der Waals surface area contributed by atoms with Gasteiger partial charge in [-0.2, -0.15) is 30.3 Å². The van der Waals surface area contributed by atoms with Crippen LogP contribution in [-0.4, -0.2) is 25.7 Å². The van der Waals surface area contributed by atoms with Gasteiger partial charge in [-0.25, -0.2) is 0 Å². The Hall–Kier alpha value is -5.69. The first kappa shape index (κ1) is 49.0. The van der Waals surface area contributed by atoms with Crippen molar-refractivity contribution in [3.8, 4) is 11.5 Å². The first-order valence-electron chi connectivity index (χ1n) is 18.7. The minimum absolute atomic E-state index is 0. The topological polar surface area (TPSA) is 40.7 Å². The molecule has 0 saturated heterocycles. The zero-order chi connectivity index (χ0) is 42.1. The van der Waals surface area contributed by atoms with Crippen LogP contribution in [0, 0.1) is 40.4 Å². The fraction of sp³-hybridized carbons (Fsp3) is 0.229. The Labute approximate surface area is 373 Å². The van der Waals surface area contributed by atoms with Gasteiger partial charge in [-0.3, -0.25) is 9.80 Å². The molecule has 0 aliphatic carbocycles. The predicted octanol–water partition coefficient (Wildman–Crippen LogP) is 14.5. The summed E-state index contributed by atoms with van der Waals surface area (Å²) in [5.74, 6) is -0.529. The minimum atomic E-state index is -4.77. The van der Waals surface area contributed by atoms with E-state index in [2.05, 4.69) is 15.5 Å². The van der Waals surface area contributed by atoms with Crippen LogP contribution in [0.25, 0.3) is 0 Å². The van der Waals surface area contributed by atoms with Gasteiger partial charge in [0, 0.05) is 67.3 Å².